The van der Waals surface area contributed by atoms with E-state index in [4.69, 9.17) is 46.4 Å². The van der Waals surface area contributed by atoms with E-state index in [1.807, 2.05) is 22.6 Å². The molecule has 0 saturated carbocycles. The van der Waals surface area contributed by atoms with Crippen molar-refractivity contribution in [3.8, 4) is 23.8 Å². The molecule has 1 aromatic rings. The molecule has 0 radical (unpaired) electrons. The van der Waals surface area contributed by atoms with Crippen LogP contribution in [0.25, 0.3) is 0 Å². The van der Waals surface area contributed by atoms with Crippen LogP contribution < -0.4 is 14.8 Å². The van der Waals surface area contributed by atoms with Crippen LogP contribution in [0.2, 0.25) is 5.02 Å². The van der Waals surface area contributed by atoms with Gasteiger partial charge in [0.1, 0.15) is 17.3 Å². The van der Waals surface area contributed by atoms with Crippen LogP contribution in [0.3, 0.4) is 0 Å². The minimum absolute atomic E-state index is 0.000928. The number of benzene rings is 1. The minimum atomic E-state index is -1.72. The van der Waals surface area contributed by atoms with Crippen molar-refractivity contribution in [2.75, 3.05) is 21.0 Å². The summed E-state index contributed by atoms with van der Waals surface area (Å²) < 4.78 is 33.0. The van der Waals surface area contributed by atoms with E-state index in [0.717, 1.165) is 0 Å². The van der Waals surface area contributed by atoms with Gasteiger partial charge in [-0.15, -0.1) is 6.42 Å². The zero-order valence-corrected chi connectivity index (χ0v) is 28.5. The molecule has 13 heteroatoms. The van der Waals surface area contributed by atoms with Crippen molar-refractivity contribution in [1.29, 1.82) is 0 Å². The van der Waals surface area contributed by atoms with Gasteiger partial charge >= 0.3 is 18.0 Å². The largest absolute Gasteiger partial charge is 0.469 e. The number of hydrogen-bond donors (Lipinski definition) is 2. The first-order valence-corrected chi connectivity index (χ1v) is 14.8. The van der Waals surface area contributed by atoms with Crippen molar-refractivity contribution in [1.82, 2.24) is 5.32 Å². The maximum Gasteiger partial charge on any atom is 0.408 e. The van der Waals surface area contributed by atoms with Gasteiger partial charge in [-0.2, -0.15) is 0 Å². The molecule has 0 heterocycles. The van der Waals surface area contributed by atoms with E-state index in [2.05, 4.69) is 11.2 Å². The number of nitrogens with one attached hydrogen (secondary N) is 1. The Morgan fingerprint density at radius 3 is 2.40 bits per heavy atom. The second-order valence-corrected chi connectivity index (χ2v) is 13.4. The number of aliphatic hydroxyl groups is 1. The molecule has 238 valence electrons. The molecular weight excluding hydrogens is 697 g/mol. The van der Waals surface area contributed by atoms with E-state index in [1.165, 1.54) is 26.4 Å². The van der Waals surface area contributed by atoms with Crippen LogP contribution in [0.1, 0.15) is 66.0 Å². The van der Waals surface area contributed by atoms with Gasteiger partial charge in [0.2, 0.25) is 0 Å². The van der Waals surface area contributed by atoms with Crippen LogP contribution in [0.4, 0.5) is 4.79 Å². The third kappa shape index (κ3) is 10.2. The number of terminal acetylenes is 1. The highest BCUT2D eigenvalue weighted by atomic mass is 127. The zero-order chi connectivity index (χ0) is 32.8. The summed E-state index contributed by atoms with van der Waals surface area (Å²) in [6, 6.07) is 2.03. The molecule has 2 rings (SSSR count). The number of amides is 1. The van der Waals surface area contributed by atoms with Crippen LogP contribution in [0.5, 0.6) is 11.5 Å². The smallest absolute Gasteiger partial charge is 0.408 e. The normalized spacial score (nSPS) is 19.8. The van der Waals surface area contributed by atoms with Crippen molar-refractivity contribution in [2.45, 2.75) is 83.8 Å². The van der Waals surface area contributed by atoms with Crippen LogP contribution in [0.15, 0.2) is 21.8 Å². The molecule has 11 nitrogen and oxygen atoms in total. The van der Waals surface area contributed by atoms with Crippen LogP contribution in [-0.4, -0.2) is 67.6 Å². The average molecular weight is 736 g/mol. The summed E-state index contributed by atoms with van der Waals surface area (Å²) in [7, 11) is 2.63. The van der Waals surface area contributed by atoms with Gasteiger partial charge < -0.3 is 38.8 Å². The maximum atomic E-state index is 12.6. The summed E-state index contributed by atoms with van der Waals surface area (Å²) in [6.07, 6.45) is 4.36. The summed E-state index contributed by atoms with van der Waals surface area (Å²) in [6.45, 7) is 10.1. The summed E-state index contributed by atoms with van der Waals surface area (Å²) >= 11 is 8.59. The molecule has 43 heavy (non-hydrogen) atoms. The average Bonchev–Trinajstić information content (AvgIpc) is 3.17. The predicted octanol–water partition coefficient (Wildman–Crippen LogP) is 5.24. The van der Waals surface area contributed by atoms with Gasteiger partial charge in [-0.25, -0.2) is 4.79 Å². The molecule has 1 aliphatic carbocycles. The number of hydrogen-bond acceptors (Lipinski definition) is 10. The maximum absolute atomic E-state index is 12.6. The molecule has 1 aromatic carbocycles. The number of rotatable bonds is 11. The van der Waals surface area contributed by atoms with E-state index in [0.29, 0.717) is 9.14 Å². The molecule has 1 aliphatic rings. The predicted molar refractivity (Wildman–Crippen MR) is 167 cm³/mol. The number of alkyl carbamates (subject to hydrolysis) is 1. The molecule has 0 unspecified atom stereocenters. The fraction of sp³-hybridized carbons (Fsp3) is 0.567. The Labute approximate surface area is 271 Å². The van der Waals surface area contributed by atoms with Gasteiger partial charge in [-0.1, -0.05) is 17.5 Å². The molecule has 1 amide bonds. The quantitative estimate of drug-likeness (QED) is 0.102. The fourth-order valence-corrected chi connectivity index (χ4v) is 5.03. The summed E-state index contributed by atoms with van der Waals surface area (Å²) in [5.74, 6) is 1.46. The van der Waals surface area contributed by atoms with Crippen LogP contribution in [-0.2, 0) is 28.5 Å². The van der Waals surface area contributed by atoms with Crippen LogP contribution >= 0.6 is 34.2 Å². The lowest BCUT2D eigenvalue weighted by Crippen LogP contribution is -2.45. The second kappa shape index (κ2) is 14.8. The van der Waals surface area contributed by atoms with Crippen LogP contribution in [0, 0.1) is 17.8 Å². The number of carbonyl (C=O) groups is 3. The topological polar surface area (TPSA) is 139 Å². The molecule has 4 atom stereocenters. The summed E-state index contributed by atoms with van der Waals surface area (Å²) in [4.78, 5) is 37.2. The zero-order valence-electron chi connectivity index (χ0n) is 25.5. The van der Waals surface area contributed by atoms with Crippen molar-refractivity contribution in [3.05, 3.63) is 32.4 Å². The summed E-state index contributed by atoms with van der Waals surface area (Å²) in [5, 5.41) is 14.3. The monoisotopic (exact) mass is 735 g/mol. The van der Waals surface area contributed by atoms with Gasteiger partial charge in [0, 0.05) is 17.1 Å². The molecular formula is C30H39ClINO10. The third-order valence-corrected chi connectivity index (χ3v) is 7.58. The van der Waals surface area contributed by atoms with E-state index < -0.39 is 52.9 Å². The van der Waals surface area contributed by atoms with Gasteiger partial charge in [-0.05, 0) is 87.9 Å². The van der Waals surface area contributed by atoms with Crippen molar-refractivity contribution < 1.29 is 47.9 Å². The Kier molecular flexibility index (Phi) is 12.6. The molecule has 0 saturated heterocycles. The van der Waals surface area contributed by atoms with E-state index >= 15 is 0 Å². The van der Waals surface area contributed by atoms with E-state index in [-0.39, 0.29) is 36.2 Å². The Balaban J connectivity index is 2.46. The number of methoxy groups -OCH3 is 2. The minimum Gasteiger partial charge on any atom is -0.469 e. The number of ether oxygens (including phenoxy) is 6. The number of esters is 2. The highest BCUT2D eigenvalue weighted by Crippen LogP contribution is 2.44. The Hall–Kier alpha value is -2.73. The molecule has 0 aromatic heterocycles. The third-order valence-electron chi connectivity index (χ3n) is 6.01. The summed E-state index contributed by atoms with van der Waals surface area (Å²) in [5.41, 5.74) is -2.89. The highest BCUT2D eigenvalue weighted by molar-refractivity contribution is 14.1. The molecule has 0 aliphatic heterocycles. The van der Waals surface area contributed by atoms with E-state index in [9.17, 15) is 19.5 Å². The fourth-order valence-electron chi connectivity index (χ4n) is 3.87. The number of halogens is 2. The lowest BCUT2D eigenvalue weighted by atomic mass is 9.95. The van der Waals surface area contributed by atoms with Gasteiger partial charge in [-0.3, -0.25) is 9.59 Å². The Bertz CT molecular complexity index is 1260. The molecule has 0 bridgehead atoms. The van der Waals surface area contributed by atoms with Crippen molar-refractivity contribution >= 4 is 52.2 Å². The standard InChI is InChI=1S/C30H39ClINO10/c1-10-23(30(37)15-18(13-22(30)32)41-26(35)28(2,3)4)42-25-19(31)11-17(12-21(25)40-16-38-8)20(14-24(34)39-9)33-27(36)43-29(5,6)7/h1,11-13,18,20,23,37H,14-16H2,2-9H3,(H,33,36)/t18-,20+,23-,30-/m1/s1. The SMILES string of the molecule is C#C[C@@H](Oc1c(Cl)cc([C@H](CC(=O)OC)NC(=O)OC(C)(C)C)cc1OCOC)[C@@]1(O)C[C@H](OC(=O)C(C)(C)C)C=C1I. The lowest BCUT2D eigenvalue weighted by Gasteiger charge is -2.32. The first-order valence-electron chi connectivity index (χ1n) is 13.3. The van der Waals surface area contributed by atoms with Crippen molar-refractivity contribution in [2.24, 2.45) is 5.41 Å². The Morgan fingerprint density at radius 2 is 1.86 bits per heavy atom. The van der Waals surface area contributed by atoms with Crippen molar-refractivity contribution in [3.63, 3.8) is 0 Å². The van der Waals surface area contributed by atoms with Gasteiger partial charge in [0.15, 0.2) is 24.4 Å². The molecule has 0 spiro atoms. The van der Waals surface area contributed by atoms with E-state index in [1.54, 1.807) is 47.6 Å². The highest BCUT2D eigenvalue weighted by Gasteiger charge is 2.48. The first-order chi connectivity index (χ1) is 19.8. The lowest BCUT2D eigenvalue weighted by molar-refractivity contribution is -0.158. The number of carbonyl (C=O) groups excluding carboxylic acids is 3. The van der Waals surface area contributed by atoms with Gasteiger partial charge in [0.25, 0.3) is 0 Å². The van der Waals surface area contributed by atoms with Gasteiger partial charge in [0.05, 0.1) is 30.0 Å². The Morgan fingerprint density at radius 1 is 1.21 bits per heavy atom. The second-order valence-electron chi connectivity index (χ2n) is 11.9. The molecule has 0 fully saturated rings. The molecule has 2 N–H and O–H groups in total. The first kappa shape index (κ1) is 36.5.